The first-order valence-electron chi connectivity index (χ1n) is 8.60. The third kappa shape index (κ3) is 5.67. The van der Waals surface area contributed by atoms with Crippen LogP contribution in [0.3, 0.4) is 0 Å². The summed E-state index contributed by atoms with van der Waals surface area (Å²) >= 11 is 0. The summed E-state index contributed by atoms with van der Waals surface area (Å²) in [6.07, 6.45) is 1.07. The van der Waals surface area contributed by atoms with Gasteiger partial charge in [-0.3, -0.25) is 4.79 Å². The maximum Gasteiger partial charge on any atom is 0.224 e. The Balaban J connectivity index is 1.40. The van der Waals surface area contributed by atoms with Gasteiger partial charge in [0.1, 0.15) is 17.2 Å². The minimum absolute atomic E-state index is 0.0293. The molecule has 0 saturated carbocycles. The van der Waals surface area contributed by atoms with Gasteiger partial charge in [-0.1, -0.05) is 36.4 Å². The normalized spacial score (nSPS) is 10.2. The summed E-state index contributed by atoms with van der Waals surface area (Å²) in [5, 5.41) is 2.88. The van der Waals surface area contributed by atoms with Crippen LogP contribution in [0.2, 0.25) is 0 Å². The van der Waals surface area contributed by atoms with Crippen LogP contribution in [0.5, 0.6) is 17.2 Å². The molecule has 0 aliphatic rings. The smallest absolute Gasteiger partial charge is 0.224 e. The number of carbonyl (C=O) groups is 1. The Kier molecular flexibility index (Phi) is 6.26. The molecule has 4 nitrogen and oxygen atoms in total. The molecule has 3 rings (SSSR count). The number of ether oxygens (including phenoxy) is 2. The highest BCUT2D eigenvalue weighted by molar-refractivity contribution is 5.90. The molecule has 0 aromatic heterocycles. The molecule has 0 bridgehead atoms. The zero-order valence-corrected chi connectivity index (χ0v) is 14.4. The summed E-state index contributed by atoms with van der Waals surface area (Å²) in [5.41, 5.74) is 0.749. The van der Waals surface area contributed by atoms with E-state index in [0.717, 1.165) is 22.9 Å². The van der Waals surface area contributed by atoms with Crippen LogP contribution >= 0.6 is 0 Å². The van der Waals surface area contributed by atoms with Crippen LogP contribution in [0.4, 0.5) is 5.69 Å². The molecule has 0 aliphatic carbocycles. The fourth-order valence-electron chi connectivity index (χ4n) is 2.39. The molecule has 0 atom stereocenters. The van der Waals surface area contributed by atoms with E-state index in [0.29, 0.717) is 19.4 Å². The minimum Gasteiger partial charge on any atom is -0.494 e. The first kappa shape index (κ1) is 17.5. The van der Waals surface area contributed by atoms with E-state index < -0.39 is 0 Å². The van der Waals surface area contributed by atoms with Gasteiger partial charge in [0.05, 0.1) is 6.61 Å². The number of amides is 1. The van der Waals surface area contributed by atoms with Gasteiger partial charge in [0.15, 0.2) is 0 Å². The second-order valence-electron chi connectivity index (χ2n) is 5.75. The van der Waals surface area contributed by atoms with Crippen molar-refractivity contribution in [1.29, 1.82) is 0 Å². The monoisotopic (exact) mass is 347 g/mol. The highest BCUT2D eigenvalue weighted by Crippen LogP contribution is 2.22. The molecule has 0 spiro atoms. The highest BCUT2D eigenvalue weighted by atomic mass is 16.5. The maximum absolute atomic E-state index is 12.0. The Morgan fingerprint density at radius 2 is 1.31 bits per heavy atom. The summed E-state index contributed by atoms with van der Waals surface area (Å²) < 4.78 is 11.3. The molecule has 26 heavy (non-hydrogen) atoms. The number of para-hydroxylation sites is 2. The molecular formula is C22H21NO3. The number of benzene rings is 3. The first-order chi connectivity index (χ1) is 12.8. The van der Waals surface area contributed by atoms with Crippen molar-refractivity contribution < 1.29 is 14.3 Å². The SMILES string of the molecule is O=C(CCCOc1ccccc1)Nc1ccc(Oc2ccccc2)cc1. The van der Waals surface area contributed by atoms with Crippen LogP contribution in [0.25, 0.3) is 0 Å². The zero-order chi connectivity index (χ0) is 18.0. The number of rotatable bonds is 8. The van der Waals surface area contributed by atoms with E-state index >= 15 is 0 Å². The van der Waals surface area contributed by atoms with Crippen molar-refractivity contribution in [2.75, 3.05) is 11.9 Å². The van der Waals surface area contributed by atoms with Crippen molar-refractivity contribution in [2.24, 2.45) is 0 Å². The van der Waals surface area contributed by atoms with Gasteiger partial charge in [-0.2, -0.15) is 0 Å². The second-order valence-corrected chi connectivity index (χ2v) is 5.75. The average molecular weight is 347 g/mol. The fourth-order valence-corrected chi connectivity index (χ4v) is 2.39. The molecule has 1 amide bonds. The summed E-state index contributed by atoms with van der Waals surface area (Å²) in [4.78, 5) is 12.0. The number of nitrogens with one attached hydrogen (secondary N) is 1. The van der Waals surface area contributed by atoms with Gasteiger partial charge < -0.3 is 14.8 Å². The third-order valence-electron chi connectivity index (χ3n) is 3.68. The van der Waals surface area contributed by atoms with Crippen LogP contribution < -0.4 is 14.8 Å². The van der Waals surface area contributed by atoms with Crippen molar-refractivity contribution in [3.8, 4) is 17.2 Å². The molecule has 0 saturated heterocycles. The van der Waals surface area contributed by atoms with Crippen LogP contribution in [0.15, 0.2) is 84.9 Å². The van der Waals surface area contributed by atoms with E-state index in [1.165, 1.54) is 0 Å². The molecule has 3 aromatic rings. The average Bonchev–Trinajstić information content (AvgIpc) is 2.68. The molecule has 0 heterocycles. The summed E-state index contributed by atoms with van der Waals surface area (Å²) in [5.74, 6) is 2.30. The molecule has 1 N–H and O–H groups in total. The lowest BCUT2D eigenvalue weighted by atomic mass is 10.2. The number of hydrogen-bond donors (Lipinski definition) is 1. The third-order valence-corrected chi connectivity index (χ3v) is 3.68. The summed E-state index contributed by atoms with van der Waals surface area (Å²) in [6, 6.07) is 26.5. The lowest BCUT2D eigenvalue weighted by Gasteiger charge is -2.09. The Labute approximate surface area is 153 Å². The van der Waals surface area contributed by atoms with Crippen molar-refractivity contribution in [3.63, 3.8) is 0 Å². The van der Waals surface area contributed by atoms with Crippen LogP contribution in [-0.2, 0) is 4.79 Å². The summed E-state index contributed by atoms with van der Waals surface area (Å²) in [7, 11) is 0. The van der Waals surface area contributed by atoms with Gasteiger partial charge >= 0.3 is 0 Å². The van der Waals surface area contributed by atoms with Gasteiger partial charge in [-0.25, -0.2) is 0 Å². The number of hydrogen-bond acceptors (Lipinski definition) is 3. The molecule has 4 heteroatoms. The topological polar surface area (TPSA) is 47.6 Å². The highest BCUT2D eigenvalue weighted by Gasteiger charge is 2.04. The van der Waals surface area contributed by atoms with Gasteiger partial charge in [0, 0.05) is 12.1 Å². The molecular weight excluding hydrogens is 326 g/mol. The maximum atomic E-state index is 12.0. The van der Waals surface area contributed by atoms with Gasteiger partial charge in [0.2, 0.25) is 5.91 Å². The predicted molar refractivity (Wildman–Crippen MR) is 103 cm³/mol. The molecule has 0 unspecified atom stereocenters. The van der Waals surface area contributed by atoms with Crippen molar-refractivity contribution in [2.45, 2.75) is 12.8 Å². The van der Waals surface area contributed by atoms with E-state index in [4.69, 9.17) is 9.47 Å². The first-order valence-corrected chi connectivity index (χ1v) is 8.60. The van der Waals surface area contributed by atoms with Crippen LogP contribution in [0, 0.1) is 0 Å². The van der Waals surface area contributed by atoms with E-state index in [-0.39, 0.29) is 5.91 Å². The lowest BCUT2D eigenvalue weighted by molar-refractivity contribution is -0.116. The summed E-state index contributed by atoms with van der Waals surface area (Å²) in [6.45, 7) is 0.515. The molecule has 132 valence electrons. The fraction of sp³-hybridized carbons (Fsp3) is 0.136. The number of carbonyl (C=O) groups excluding carboxylic acids is 1. The van der Waals surface area contributed by atoms with E-state index in [9.17, 15) is 4.79 Å². The number of anilines is 1. The Bertz CT molecular complexity index is 802. The van der Waals surface area contributed by atoms with Gasteiger partial charge in [-0.05, 0) is 55.0 Å². The van der Waals surface area contributed by atoms with Crippen LogP contribution in [0.1, 0.15) is 12.8 Å². The van der Waals surface area contributed by atoms with Gasteiger partial charge in [-0.15, -0.1) is 0 Å². The van der Waals surface area contributed by atoms with E-state index in [2.05, 4.69) is 5.32 Å². The van der Waals surface area contributed by atoms with Crippen molar-refractivity contribution in [3.05, 3.63) is 84.9 Å². The molecule has 0 fully saturated rings. The largest absolute Gasteiger partial charge is 0.494 e. The Hall–Kier alpha value is -3.27. The quantitative estimate of drug-likeness (QED) is 0.564. The van der Waals surface area contributed by atoms with Crippen molar-refractivity contribution in [1.82, 2.24) is 0 Å². The molecule has 0 aliphatic heterocycles. The van der Waals surface area contributed by atoms with E-state index in [1.807, 2.05) is 84.9 Å². The molecule has 3 aromatic carbocycles. The van der Waals surface area contributed by atoms with Crippen molar-refractivity contribution >= 4 is 11.6 Å². The Morgan fingerprint density at radius 3 is 1.96 bits per heavy atom. The second kappa shape index (κ2) is 9.28. The Morgan fingerprint density at radius 1 is 0.731 bits per heavy atom. The van der Waals surface area contributed by atoms with E-state index in [1.54, 1.807) is 0 Å². The zero-order valence-electron chi connectivity index (χ0n) is 14.4. The van der Waals surface area contributed by atoms with Crippen LogP contribution in [-0.4, -0.2) is 12.5 Å². The van der Waals surface area contributed by atoms with Gasteiger partial charge in [0.25, 0.3) is 0 Å². The lowest BCUT2D eigenvalue weighted by Crippen LogP contribution is -2.12. The minimum atomic E-state index is -0.0293. The molecule has 0 radical (unpaired) electrons. The predicted octanol–water partition coefficient (Wildman–Crippen LogP) is 5.28. The standard InChI is InChI=1S/C22H21NO3/c24-22(12-7-17-25-19-8-3-1-4-9-19)23-18-13-15-21(16-14-18)26-20-10-5-2-6-11-20/h1-6,8-11,13-16H,7,12,17H2,(H,23,24).